The lowest BCUT2D eigenvalue weighted by Crippen LogP contribution is -2.49. The van der Waals surface area contributed by atoms with E-state index in [0.717, 1.165) is 11.1 Å². The van der Waals surface area contributed by atoms with Crippen molar-refractivity contribution in [1.29, 1.82) is 0 Å². The van der Waals surface area contributed by atoms with Crippen LogP contribution in [0.25, 0.3) is 11.1 Å². The van der Waals surface area contributed by atoms with Crippen LogP contribution in [-0.2, 0) is 10.0 Å². The second-order valence-corrected chi connectivity index (χ2v) is 8.93. The second kappa shape index (κ2) is 8.80. The van der Waals surface area contributed by atoms with Gasteiger partial charge in [-0.25, -0.2) is 23.9 Å². The Morgan fingerprint density at radius 2 is 1.45 bits per heavy atom. The van der Waals surface area contributed by atoms with E-state index < -0.39 is 15.9 Å². The molecule has 3 aromatic rings. The number of nitrogens with zero attached hydrogens (tertiary/aromatic N) is 4. The third-order valence-corrected chi connectivity index (χ3v) is 7.04. The largest absolute Gasteiger partial charge is 0.338 e. The fourth-order valence-electron chi connectivity index (χ4n) is 3.39. The number of sulfonamides is 1. The van der Waals surface area contributed by atoms with E-state index in [-0.39, 0.29) is 10.5 Å². The first-order valence-electron chi connectivity index (χ1n) is 9.66. The SMILES string of the molecule is O=C(NO)c1cnc(N2CCN(S(=O)(=O)c3ccc(-c4ccccc4)cc3)CC2)nc1. The van der Waals surface area contributed by atoms with Crippen LogP contribution >= 0.6 is 0 Å². The average molecular weight is 439 g/mol. The molecule has 0 bridgehead atoms. The molecule has 0 saturated carbocycles. The summed E-state index contributed by atoms with van der Waals surface area (Å²) in [4.78, 5) is 21.7. The van der Waals surface area contributed by atoms with Gasteiger partial charge in [0.2, 0.25) is 16.0 Å². The molecule has 10 heteroatoms. The number of hydroxylamine groups is 1. The third kappa shape index (κ3) is 4.41. The minimum atomic E-state index is -3.60. The van der Waals surface area contributed by atoms with Crippen LogP contribution in [-0.4, -0.2) is 60.0 Å². The molecule has 1 amide bonds. The molecule has 2 aromatic carbocycles. The highest BCUT2D eigenvalue weighted by Crippen LogP contribution is 2.24. The number of nitrogens with one attached hydrogen (secondary N) is 1. The Morgan fingerprint density at radius 3 is 2.03 bits per heavy atom. The van der Waals surface area contributed by atoms with Crippen molar-refractivity contribution in [3.8, 4) is 11.1 Å². The molecule has 2 heterocycles. The second-order valence-electron chi connectivity index (χ2n) is 6.99. The lowest BCUT2D eigenvalue weighted by molar-refractivity contribution is 0.0705. The first-order valence-corrected chi connectivity index (χ1v) is 11.1. The summed E-state index contributed by atoms with van der Waals surface area (Å²) in [5, 5.41) is 8.65. The molecule has 0 aliphatic carbocycles. The van der Waals surface area contributed by atoms with Crippen molar-refractivity contribution in [2.24, 2.45) is 0 Å². The maximum Gasteiger partial charge on any atom is 0.277 e. The highest BCUT2D eigenvalue weighted by Gasteiger charge is 2.29. The number of piperazine rings is 1. The number of carbonyl (C=O) groups is 1. The first kappa shape index (κ1) is 20.9. The number of carbonyl (C=O) groups excluding carboxylic acids is 1. The van der Waals surface area contributed by atoms with Crippen molar-refractivity contribution in [2.45, 2.75) is 4.90 Å². The fourth-order valence-corrected chi connectivity index (χ4v) is 4.82. The molecule has 0 atom stereocenters. The Hall–Kier alpha value is -3.34. The average Bonchev–Trinajstić information content (AvgIpc) is 2.84. The topological polar surface area (TPSA) is 116 Å². The van der Waals surface area contributed by atoms with E-state index in [1.54, 1.807) is 12.1 Å². The van der Waals surface area contributed by atoms with Crippen molar-refractivity contribution in [3.05, 3.63) is 72.6 Å². The number of hydrogen-bond donors (Lipinski definition) is 2. The molecule has 1 fully saturated rings. The van der Waals surface area contributed by atoms with Crippen LogP contribution < -0.4 is 10.4 Å². The number of rotatable bonds is 5. The van der Waals surface area contributed by atoms with Crippen LogP contribution in [0.15, 0.2) is 71.9 Å². The van der Waals surface area contributed by atoms with Gasteiger partial charge in [-0.2, -0.15) is 4.31 Å². The summed E-state index contributed by atoms with van der Waals surface area (Å²) >= 11 is 0. The highest BCUT2D eigenvalue weighted by molar-refractivity contribution is 7.89. The first-order chi connectivity index (χ1) is 15.0. The Morgan fingerprint density at radius 1 is 0.871 bits per heavy atom. The van der Waals surface area contributed by atoms with E-state index in [1.807, 2.05) is 47.4 Å². The molecule has 4 rings (SSSR count). The van der Waals surface area contributed by atoms with E-state index in [1.165, 1.54) is 22.2 Å². The van der Waals surface area contributed by atoms with E-state index in [2.05, 4.69) is 9.97 Å². The maximum absolute atomic E-state index is 13.0. The van der Waals surface area contributed by atoms with Crippen molar-refractivity contribution in [1.82, 2.24) is 19.8 Å². The summed E-state index contributed by atoms with van der Waals surface area (Å²) in [6.45, 7) is 1.44. The molecule has 1 aromatic heterocycles. The summed E-state index contributed by atoms with van der Waals surface area (Å²) in [6.07, 6.45) is 2.62. The number of anilines is 1. The van der Waals surface area contributed by atoms with Gasteiger partial charge in [0.1, 0.15) is 0 Å². The van der Waals surface area contributed by atoms with Gasteiger partial charge in [0.15, 0.2) is 0 Å². The molecular formula is C21H21N5O4S. The van der Waals surface area contributed by atoms with Gasteiger partial charge in [0.25, 0.3) is 5.91 Å². The van der Waals surface area contributed by atoms with Gasteiger partial charge >= 0.3 is 0 Å². The zero-order valence-electron chi connectivity index (χ0n) is 16.5. The number of benzene rings is 2. The van der Waals surface area contributed by atoms with Crippen molar-refractivity contribution in [3.63, 3.8) is 0 Å². The number of aromatic nitrogens is 2. The smallest absolute Gasteiger partial charge is 0.277 e. The van der Waals surface area contributed by atoms with Gasteiger partial charge < -0.3 is 4.90 Å². The fraction of sp³-hybridized carbons (Fsp3) is 0.190. The lowest BCUT2D eigenvalue weighted by Gasteiger charge is -2.34. The highest BCUT2D eigenvalue weighted by atomic mass is 32.2. The van der Waals surface area contributed by atoms with Crippen LogP contribution in [0.2, 0.25) is 0 Å². The summed E-state index contributed by atoms with van der Waals surface area (Å²) < 4.78 is 27.5. The Balaban J connectivity index is 1.42. The summed E-state index contributed by atoms with van der Waals surface area (Å²) in [5.74, 6) is -0.292. The van der Waals surface area contributed by atoms with E-state index in [0.29, 0.717) is 32.1 Å². The predicted molar refractivity (Wildman–Crippen MR) is 114 cm³/mol. The molecule has 0 radical (unpaired) electrons. The van der Waals surface area contributed by atoms with E-state index >= 15 is 0 Å². The van der Waals surface area contributed by atoms with Gasteiger partial charge in [-0.3, -0.25) is 10.0 Å². The minimum absolute atomic E-state index is 0.131. The lowest BCUT2D eigenvalue weighted by atomic mass is 10.1. The maximum atomic E-state index is 13.0. The molecule has 1 aliphatic rings. The van der Waals surface area contributed by atoms with Gasteiger partial charge in [0.05, 0.1) is 10.5 Å². The standard InChI is InChI=1S/C21H21N5O4S/c27-20(24-28)18-14-22-21(23-15-18)25-10-12-26(13-11-25)31(29,30)19-8-6-17(7-9-19)16-4-2-1-3-5-16/h1-9,14-15,28H,10-13H2,(H,24,27). The van der Waals surface area contributed by atoms with Crippen molar-refractivity contribution >= 4 is 21.9 Å². The van der Waals surface area contributed by atoms with Crippen LogP contribution in [0.3, 0.4) is 0 Å². The Kier molecular flexibility index (Phi) is 5.94. The van der Waals surface area contributed by atoms with Gasteiger partial charge in [-0.15, -0.1) is 0 Å². The quantitative estimate of drug-likeness (QED) is 0.460. The molecule has 1 aliphatic heterocycles. The van der Waals surface area contributed by atoms with E-state index in [4.69, 9.17) is 5.21 Å². The normalized spacial score (nSPS) is 14.9. The molecule has 160 valence electrons. The van der Waals surface area contributed by atoms with Crippen LogP contribution in [0, 0.1) is 0 Å². The number of hydrogen-bond acceptors (Lipinski definition) is 7. The third-order valence-electron chi connectivity index (χ3n) is 5.12. The van der Waals surface area contributed by atoms with Crippen molar-refractivity contribution < 1.29 is 18.4 Å². The molecule has 9 nitrogen and oxygen atoms in total. The van der Waals surface area contributed by atoms with Crippen LogP contribution in [0.1, 0.15) is 10.4 Å². The zero-order valence-corrected chi connectivity index (χ0v) is 17.4. The summed E-state index contributed by atoms with van der Waals surface area (Å²) in [6, 6.07) is 16.7. The van der Waals surface area contributed by atoms with Gasteiger partial charge in [0, 0.05) is 38.6 Å². The molecule has 31 heavy (non-hydrogen) atoms. The summed E-state index contributed by atoms with van der Waals surface area (Å²) in [7, 11) is -3.60. The Labute approximate surface area is 180 Å². The predicted octanol–water partition coefficient (Wildman–Crippen LogP) is 1.77. The molecular weight excluding hydrogens is 418 g/mol. The minimum Gasteiger partial charge on any atom is -0.338 e. The summed E-state index contributed by atoms with van der Waals surface area (Å²) in [5.41, 5.74) is 3.64. The monoisotopic (exact) mass is 439 g/mol. The molecule has 2 N–H and O–H groups in total. The van der Waals surface area contributed by atoms with E-state index in [9.17, 15) is 13.2 Å². The van der Waals surface area contributed by atoms with Crippen LogP contribution in [0.4, 0.5) is 5.95 Å². The molecule has 1 saturated heterocycles. The Bertz CT molecular complexity index is 1140. The molecule has 0 unspecified atom stereocenters. The van der Waals surface area contributed by atoms with Gasteiger partial charge in [-0.05, 0) is 23.3 Å². The number of amides is 1. The van der Waals surface area contributed by atoms with Crippen molar-refractivity contribution in [2.75, 3.05) is 31.1 Å². The molecule has 0 spiro atoms. The van der Waals surface area contributed by atoms with Crippen LogP contribution in [0.5, 0.6) is 0 Å². The zero-order chi connectivity index (χ0) is 21.8. The van der Waals surface area contributed by atoms with Gasteiger partial charge in [-0.1, -0.05) is 42.5 Å².